The van der Waals surface area contributed by atoms with E-state index < -0.39 is 5.97 Å². The van der Waals surface area contributed by atoms with Crippen LogP contribution < -0.4 is 0 Å². The lowest BCUT2D eigenvalue weighted by Crippen LogP contribution is -2.34. The highest BCUT2D eigenvalue weighted by atomic mass is 16.4. The maximum Gasteiger partial charge on any atom is 0.328 e. The second-order valence-corrected chi connectivity index (χ2v) is 9.28. The number of hydrogen-bond donors (Lipinski definition) is 1. The van der Waals surface area contributed by atoms with Gasteiger partial charge in [-0.3, -0.25) is 0 Å². The summed E-state index contributed by atoms with van der Waals surface area (Å²) in [6, 6.07) is 17.2. The number of hydrogen-bond acceptors (Lipinski definition) is 2. The van der Waals surface area contributed by atoms with Crippen LogP contribution in [0.25, 0.3) is 17.0 Å². The molecule has 0 spiro atoms. The van der Waals surface area contributed by atoms with Gasteiger partial charge >= 0.3 is 5.97 Å². The Morgan fingerprint density at radius 3 is 2.52 bits per heavy atom. The van der Waals surface area contributed by atoms with Crippen LogP contribution >= 0.6 is 0 Å². The predicted octanol–water partition coefficient (Wildman–Crippen LogP) is 6.35. The third-order valence-electron chi connectivity index (χ3n) is 6.96. The Bertz CT molecular complexity index is 1070. The van der Waals surface area contributed by atoms with Gasteiger partial charge in [0.2, 0.25) is 0 Å². The van der Waals surface area contributed by atoms with Crippen molar-refractivity contribution in [3.8, 4) is 0 Å². The van der Waals surface area contributed by atoms with Crippen LogP contribution in [0.15, 0.2) is 60.8 Å². The van der Waals surface area contributed by atoms with Gasteiger partial charge in [-0.15, -0.1) is 0 Å². The first-order valence-electron chi connectivity index (χ1n) is 12.4. The summed E-state index contributed by atoms with van der Waals surface area (Å²) in [6.07, 6.45) is 12.6. The zero-order valence-electron chi connectivity index (χ0n) is 19.7. The van der Waals surface area contributed by atoms with E-state index in [9.17, 15) is 4.79 Å². The molecule has 0 saturated carbocycles. The molecular formula is C29H36N2O2. The molecule has 0 atom stereocenters. The van der Waals surface area contributed by atoms with Crippen molar-refractivity contribution in [2.45, 2.75) is 57.9 Å². The van der Waals surface area contributed by atoms with Gasteiger partial charge in [0.05, 0.1) is 0 Å². The molecule has 2 aromatic carbocycles. The third kappa shape index (κ3) is 6.14. The van der Waals surface area contributed by atoms with Gasteiger partial charge in [0.25, 0.3) is 0 Å². The normalized spacial score (nSPS) is 15.5. The molecule has 4 nitrogen and oxygen atoms in total. The number of aromatic nitrogens is 1. The monoisotopic (exact) mass is 444 g/mol. The summed E-state index contributed by atoms with van der Waals surface area (Å²) in [4.78, 5) is 13.2. The smallest absolute Gasteiger partial charge is 0.328 e. The molecule has 174 valence electrons. The van der Waals surface area contributed by atoms with E-state index in [1.807, 2.05) is 12.1 Å². The zero-order chi connectivity index (χ0) is 23.0. The second-order valence-electron chi connectivity index (χ2n) is 9.28. The first-order chi connectivity index (χ1) is 16.1. The minimum absolute atomic E-state index is 0.652. The Morgan fingerprint density at radius 1 is 1.03 bits per heavy atom. The SMILES string of the molecule is CCCCCn1cc(C2CCN(CCc3ccc(/C=C/C(=O)O)cc3)CC2)c2ccccc21. The molecule has 1 fully saturated rings. The lowest BCUT2D eigenvalue weighted by Gasteiger charge is -2.32. The van der Waals surface area contributed by atoms with Crippen LogP contribution in [-0.4, -0.2) is 40.2 Å². The number of nitrogens with zero attached hydrogens (tertiary/aromatic N) is 2. The van der Waals surface area contributed by atoms with Crippen molar-refractivity contribution in [2.75, 3.05) is 19.6 Å². The summed E-state index contributed by atoms with van der Waals surface area (Å²) in [7, 11) is 0. The first-order valence-corrected chi connectivity index (χ1v) is 12.4. The molecule has 0 bridgehead atoms. The average molecular weight is 445 g/mol. The number of para-hydroxylation sites is 1. The number of aryl methyl sites for hydroxylation is 1. The standard InChI is InChI=1S/C29H36N2O2/c1-2-3-6-18-31-22-27(26-7-4-5-8-28(26)31)25-16-20-30(21-17-25)19-15-24-11-9-23(10-12-24)13-14-29(32)33/h4-5,7-14,22,25H,2-3,6,15-21H2,1H3,(H,32,33)/b14-13+. The van der Waals surface area contributed by atoms with E-state index in [1.54, 1.807) is 11.6 Å². The van der Waals surface area contributed by atoms with Crippen LogP contribution in [0.1, 0.15) is 61.6 Å². The lowest BCUT2D eigenvalue weighted by atomic mass is 9.89. The van der Waals surface area contributed by atoms with Gasteiger partial charge in [0.1, 0.15) is 0 Å². The van der Waals surface area contributed by atoms with Gasteiger partial charge in [-0.05, 0) is 73.5 Å². The predicted molar refractivity (Wildman–Crippen MR) is 137 cm³/mol. The molecule has 0 aliphatic carbocycles. The molecule has 4 heteroatoms. The fourth-order valence-electron chi connectivity index (χ4n) is 5.04. The van der Waals surface area contributed by atoms with Crippen LogP contribution in [0.5, 0.6) is 0 Å². The Kier molecular flexibility index (Phi) is 8.01. The number of benzene rings is 2. The van der Waals surface area contributed by atoms with Gasteiger partial charge in [0.15, 0.2) is 0 Å². The number of rotatable bonds is 10. The van der Waals surface area contributed by atoms with Crippen LogP contribution in [0.4, 0.5) is 0 Å². The molecule has 0 amide bonds. The van der Waals surface area contributed by atoms with Crippen molar-refractivity contribution < 1.29 is 9.90 Å². The van der Waals surface area contributed by atoms with Gasteiger partial charge in [-0.1, -0.05) is 62.2 Å². The number of aliphatic carboxylic acids is 1. The lowest BCUT2D eigenvalue weighted by molar-refractivity contribution is -0.131. The van der Waals surface area contributed by atoms with Gasteiger partial charge < -0.3 is 14.6 Å². The molecule has 2 heterocycles. The Hall–Kier alpha value is -2.85. The van der Waals surface area contributed by atoms with Gasteiger partial charge in [0, 0.05) is 36.3 Å². The minimum atomic E-state index is -0.913. The van der Waals surface area contributed by atoms with Crippen molar-refractivity contribution in [1.82, 2.24) is 9.47 Å². The molecule has 3 aromatic rings. The topological polar surface area (TPSA) is 45.5 Å². The number of unbranched alkanes of at least 4 members (excludes halogenated alkanes) is 2. The highest BCUT2D eigenvalue weighted by Crippen LogP contribution is 2.34. The molecule has 1 N–H and O–H groups in total. The van der Waals surface area contributed by atoms with E-state index in [0.717, 1.165) is 38.2 Å². The van der Waals surface area contributed by atoms with Gasteiger partial charge in [-0.25, -0.2) is 4.79 Å². The number of carboxylic acids is 1. The van der Waals surface area contributed by atoms with E-state index in [1.165, 1.54) is 54.6 Å². The fraction of sp³-hybridized carbons (Fsp3) is 0.414. The number of carbonyl (C=O) groups is 1. The molecule has 4 rings (SSSR count). The Labute approximate surface area is 197 Å². The third-order valence-corrected chi connectivity index (χ3v) is 6.96. The number of likely N-dealkylation sites (tertiary alicyclic amines) is 1. The maximum absolute atomic E-state index is 10.7. The van der Waals surface area contributed by atoms with Crippen LogP contribution in [0.2, 0.25) is 0 Å². The van der Waals surface area contributed by atoms with Crippen molar-refractivity contribution in [3.05, 3.63) is 77.5 Å². The first kappa shape index (κ1) is 23.3. The summed E-state index contributed by atoms with van der Waals surface area (Å²) in [5.41, 5.74) is 5.18. The summed E-state index contributed by atoms with van der Waals surface area (Å²) < 4.78 is 2.49. The molecular weight excluding hydrogens is 408 g/mol. The number of carboxylic acid groups (broad SMARTS) is 1. The molecule has 1 saturated heterocycles. The molecule has 1 aliphatic heterocycles. The van der Waals surface area contributed by atoms with Crippen LogP contribution in [0.3, 0.4) is 0 Å². The maximum atomic E-state index is 10.7. The van der Waals surface area contributed by atoms with E-state index in [2.05, 4.69) is 59.0 Å². The van der Waals surface area contributed by atoms with Crippen molar-refractivity contribution in [1.29, 1.82) is 0 Å². The summed E-state index contributed by atoms with van der Waals surface area (Å²) in [6.45, 7) is 6.77. The molecule has 1 aliphatic rings. The van der Waals surface area contributed by atoms with Crippen molar-refractivity contribution in [3.63, 3.8) is 0 Å². The van der Waals surface area contributed by atoms with Crippen LogP contribution in [0, 0.1) is 0 Å². The highest BCUT2D eigenvalue weighted by molar-refractivity contribution is 5.85. The Morgan fingerprint density at radius 2 is 1.79 bits per heavy atom. The highest BCUT2D eigenvalue weighted by Gasteiger charge is 2.23. The molecule has 0 radical (unpaired) electrons. The fourth-order valence-corrected chi connectivity index (χ4v) is 5.04. The van der Waals surface area contributed by atoms with Crippen LogP contribution in [-0.2, 0) is 17.8 Å². The van der Waals surface area contributed by atoms with Crippen molar-refractivity contribution >= 4 is 22.9 Å². The number of piperidine rings is 1. The summed E-state index contributed by atoms with van der Waals surface area (Å²) in [5.74, 6) is -0.262. The quantitative estimate of drug-likeness (QED) is 0.293. The number of fused-ring (bicyclic) bond motifs is 1. The second kappa shape index (κ2) is 11.3. The van der Waals surface area contributed by atoms with E-state index in [0.29, 0.717) is 5.92 Å². The zero-order valence-corrected chi connectivity index (χ0v) is 19.7. The largest absolute Gasteiger partial charge is 0.478 e. The molecule has 1 aromatic heterocycles. The van der Waals surface area contributed by atoms with Gasteiger partial charge in [-0.2, -0.15) is 0 Å². The van der Waals surface area contributed by atoms with E-state index in [-0.39, 0.29) is 0 Å². The molecule has 0 unspecified atom stereocenters. The van der Waals surface area contributed by atoms with Crippen molar-refractivity contribution in [2.24, 2.45) is 0 Å². The van der Waals surface area contributed by atoms with E-state index >= 15 is 0 Å². The van der Waals surface area contributed by atoms with E-state index in [4.69, 9.17) is 5.11 Å². The minimum Gasteiger partial charge on any atom is -0.478 e. The average Bonchev–Trinajstić information content (AvgIpc) is 3.21. The Balaban J connectivity index is 1.32. The summed E-state index contributed by atoms with van der Waals surface area (Å²) in [5, 5.41) is 10.2. The summed E-state index contributed by atoms with van der Waals surface area (Å²) >= 11 is 0. The molecule has 33 heavy (non-hydrogen) atoms.